The molecule has 0 bridgehead atoms. The van der Waals surface area contributed by atoms with Gasteiger partial charge in [-0.05, 0) is 5.92 Å². The Morgan fingerprint density at radius 3 is 2.44 bits per heavy atom. The van der Waals surface area contributed by atoms with E-state index in [2.05, 4.69) is 13.8 Å². The van der Waals surface area contributed by atoms with Crippen molar-refractivity contribution in [3.8, 4) is 12.1 Å². The van der Waals surface area contributed by atoms with Gasteiger partial charge in [0.05, 0.1) is 12.1 Å². The Morgan fingerprint density at radius 1 is 1.44 bits per heavy atom. The summed E-state index contributed by atoms with van der Waals surface area (Å²) in [5.41, 5.74) is 0. The lowest BCUT2D eigenvalue weighted by atomic mass is 9.80. The minimum atomic E-state index is -0.671. The predicted molar refractivity (Wildman–Crippen MR) is 63.5 cm³/mol. The summed E-state index contributed by atoms with van der Waals surface area (Å²) in [6.45, 7) is 5.95. The number of Topliss-reactive ketones (excluding diaryl/α,β-unsaturated/α-hetero) is 1. The smallest absolute Gasteiger partial charge is 0.138 e. The lowest BCUT2D eigenvalue weighted by Crippen LogP contribution is -2.38. The molecule has 1 rings (SSSR count). The number of nitriles is 2. The van der Waals surface area contributed by atoms with Crippen LogP contribution in [0.4, 0.5) is 0 Å². The molecular formula is C12H16N2OS. The van der Waals surface area contributed by atoms with Gasteiger partial charge in [0.25, 0.3) is 0 Å². The Balaban J connectivity index is 2.74. The second kappa shape index (κ2) is 4.89. The Labute approximate surface area is 101 Å². The van der Waals surface area contributed by atoms with Gasteiger partial charge >= 0.3 is 0 Å². The summed E-state index contributed by atoms with van der Waals surface area (Å²) < 4.78 is 0.00207. The van der Waals surface area contributed by atoms with Gasteiger partial charge in [-0.3, -0.25) is 4.79 Å². The molecule has 0 radical (unpaired) electrons. The van der Waals surface area contributed by atoms with Crippen LogP contribution in [0.3, 0.4) is 0 Å². The number of hydrogen-bond acceptors (Lipinski definition) is 4. The van der Waals surface area contributed by atoms with E-state index in [1.54, 1.807) is 11.8 Å². The zero-order chi connectivity index (χ0) is 12.3. The summed E-state index contributed by atoms with van der Waals surface area (Å²) in [6.07, 6.45) is 0.538. The lowest BCUT2D eigenvalue weighted by Gasteiger charge is -2.35. The minimum Gasteiger partial charge on any atom is -0.299 e. The standard InChI is InChI=1S/C12H16N2OS/c1-8(9(5-13)6-14)10-7-16-12(2,3)4-11(10)15/h8-10H,4,7H2,1-3H3/t8-,10-/m0/s1. The summed E-state index contributed by atoms with van der Waals surface area (Å²) >= 11 is 1.76. The van der Waals surface area contributed by atoms with Crippen LogP contribution in [-0.2, 0) is 4.79 Å². The number of hydrogen-bond donors (Lipinski definition) is 0. The highest BCUT2D eigenvalue weighted by Gasteiger charge is 2.39. The van der Waals surface area contributed by atoms with Gasteiger partial charge in [-0.2, -0.15) is 22.3 Å². The van der Waals surface area contributed by atoms with Crippen LogP contribution < -0.4 is 0 Å². The third-order valence-corrected chi connectivity index (χ3v) is 4.56. The van der Waals surface area contributed by atoms with Crippen LogP contribution in [0.2, 0.25) is 0 Å². The molecule has 0 saturated carbocycles. The molecule has 1 aliphatic rings. The van der Waals surface area contributed by atoms with Crippen molar-refractivity contribution in [2.24, 2.45) is 17.8 Å². The highest BCUT2D eigenvalue weighted by atomic mass is 32.2. The molecule has 3 nitrogen and oxygen atoms in total. The van der Waals surface area contributed by atoms with Crippen molar-refractivity contribution in [1.82, 2.24) is 0 Å². The monoisotopic (exact) mass is 236 g/mol. The molecule has 0 aliphatic carbocycles. The molecule has 0 amide bonds. The van der Waals surface area contributed by atoms with Gasteiger partial charge < -0.3 is 0 Å². The van der Waals surface area contributed by atoms with Crippen molar-refractivity contribution in [3.05, 3.63) is 0 Å². The Hall–Kier alpha value is -1.00. The molecule has 16 heavy (non-hydrogen) atoms. The second-order valence-corrected chi connectivity index (χ2v) is 6.64. The zero-order valence-electron chi connectivity index (χ0n) is 9.86. The molecule has 1 aliphatic heterocycles. The van der Waals surface area contributed by atoms with E-state index < -0.39 is 5.92 Å². The lowest BCUT2D eigenvalue weighted by molar-refractivity contribution is -0.124. The van der Waals surface area contributed by atoms with E-state index in [0.717, 1.165) is 5.75 Å². The van der Waals surface area contributed by atoms with Gasteiger partial charge in [0.2, 0.25) is 0 Å². The summed E-state index contributed by atoms with van der Waals surface area (Å²) in [5, 5.41) is 17.7. The fourth-order valence-corrected chi connectivity index (χ4v) is 3.32. The molecule has 1 heterocycles. The summed E-state index contributed by atoms with van der Waals surface area (Å²) in [5.74, 6) is -0.0386. The van der Waals surface area contributed by atoms with Gasteiger partial charge in [0.1, 0.15) is 11.7 Å². The fourth-order valence-electron chi connectivity index (χ4n) is 1.95. The molecule has 2 atom stereocenters. The van der Waals surface area contributed by atoms with Crippen LogP contribution in [0.5, 0.6) is 0 Å². The largest absolute Gasteiger partial charge is 0.299 e. The van der Waals surface area contributed by atoms with E-state index in [0.29, 0.717) is 6.42 Å². The molecular weight excluding hydrogens is 220 g/mol. The van der Waals surface area contributed by atoms with Crippen LogP contribution in [0.1, 0.15) is 27.2 Å². The maximum Gasteiger partial charge on any atom is 0.138 e. The van der Waals surface area contributed by atoms with Crippen molar-refractivity contribution in [2.45, 2.75) is 31.9 Å². The molecule has 4 heteroatoms. The van der Waals surface area contributed by atoms with Crippen molar-refractivity contribution in [3.63, 3.8) is 0 Å². The molecule has 1 fully saturated rings. The van der Waals surface area contributed by atoms with Crippen molar-refractivity contribution in [1.29, 1.82) is 10.5 Å². The minimum absolute atomic E-state index is 0.00207. The fraction of sp³-hybridized carbons (Fsp3) is 0.750. The SMILES string of the molecule is C[C@@H](C(C#N)C#N)[C@@H]1CSC(C)(C)CC1=O. The number of ketones is 1. The van der Waals surface area contributed by atoms with E-state index in [1.165, 1.54) is 0 Å². The van der Waals surface area contributed by atoms with Crippen molar-refractivity contribution >= 4 is 17.5 Å². The topological polar surface area (TPSA) is 64.7 Å². The second-order valence-electron chi connectivity index (χ2n) is 4.92. The summed E-state index contributed by atoms with van der Waals surface area (Å²) in [4.78, 5) is 12.0. The molecule has 0 unspecified atom stereocenters. The van der Waals surface area contributed by atoms with E-state index in [9.17, 15) is 4.79 Å². The molecule has 0 N–H and O–H groups in total. The number of rotatable bonds is 2. The predicted octanol–water partition coefficient (Wildman–Crippen LogP) is 2.39. The maximum atomic E-state index is 12.0. The highest BCUT2D eigenvalue weighted by molar-refractivity contribution is 8.00. The molecule has 0 spiro atoms. The van der Waals surface area contributed by atoms with Crippen LogP contribution in [0.15, 0.2) is 0 Å². The first-order chi connectivity index (χ1) is 7.41. The molecule has 1 saturated heterocycles. The first kappa shape index (κ1) is 13.1. The number of thioether (sulfide) groups is 1. The Bertz CT molecular complexity index is 350. The van der Waals surface area contributed by atoms with Gasteiger partial charge in [-0.1, -0.05) is 20.8 Å². The number of carbonyl (C=O) groups is 1. The average molecular weight is 236 g/mol. The van der Waals surface area contributed by atoms with E-state index in [1.807, 2.05) is 19.1 Å². The molecule has 0 aromatic heterocycles. The third kappa shape index (κ3) is 2.77. The zero-order valence-corrected chi connectivity index (χ0v) is 10.7. The van der Waals surface area contributed by atoms with Gasteiger partial charge in [0.15, 0.2) is 0 Å². The molecule has 86 valence electrons. The average Bonchev–Trinajstić information content (AvgIpc) is 2.17. The van der Waals surface area contributed by atoms with E-state index in [-0.39, 0.29) is 22.4 Å². The third-order valence-electron chi connectivity index (χ3n) is 3.11. The first-order valence-electron chi connectivity index (χ1n) is 5.37. The van der Waals surface area contributed by atoms with Crippen LogP contribution in [0.25, 0.3) is 0 Å². The molecule has 0 aromatic carbocycles. The van der Waals surface area contributed by atoms with E-state index in [4.69, 9.17) is 10.5 Å². The van der Waals surface area contributed by atoms with Crippen LogP contribution in [-0.4, -0.2) is 16.3 Å². The van der Waals surface area contributed by atoms with Crippen molar-refractivity contribution < 1.29 is 4.79 Å². The van der Waals surface area contributed by atoms with Crippen LogP contribution in [0, 0.1) is 40.4 Å². The quantitative estimate of drug-likeness (QED) is 0.738. The Morgan fingerprint density at radius 2 is 2.00 bits per heavy atom. The van der Waals surface area contributed by atoms with E-state index >= 15 is 0 Å². The number of nitrogens with zero attached hydrogens (tertiary/aromatic N) is 2. The van der Waals surface area contributed by atoms with Crippen LogP contribution >= 0.6 is 11.8 Å². The first-order valence-corrected chi connectivity index (χ1v) is 6.36. The Kier molecular flexibility index (Phi) is 3.99. The maximum absolute atomic E-state index is 12.0. The molecule has 0 aromatic rings. The normalized spacial score (nSPS) is 25.9. The highest BCUT2D eigenvalue weighted by Crippen LogP contribution is 2.40. The number of carbonyl (C=O) groups excluding carboxylic acids is 1. The van der Waals surface area contributed by atoms with Gasteiger partial charge in [0, 0.05) is 22.8 Å². The van der Waals surface area contributed by atoms with Gasteiger partial charge in [-0.25, -0.2) is 0 Å². The van der Waals surface area contributed by atoms with Gasteiger partial charge in [-0.15, -0.1) is 0 Å². The summed E-state index contributed by atoms with van der Waals surface area (Å²) in [7, 11) is 0. The van der Waals surface area contributed by atoms with Crippen molar-refractivity contribution in [2.75, 3.05) is 5.75 Å². The summed E-state index contributed by atoms with van der Waals surface area (Å²) in [6, 6.07) is 3.93.